The van der Waals surface area contributed by atoms with Crippen LogP contribution in [0.3, 0.4) is 0 Å². The van der Waals surface area contributed by atoms with Gasteiger partial charge in [-0.2, -0.15) is 4.98 Å². The van der Waals surface area contributed by atoms with Gasteiger partial charge in [0.2, 0.25) is 0 Å². The van der Waals surface area contributed by atoms with Gasteiger partial charge in [0.25, 0.3) is 5.89 Å². The lowest BCUT2D eigenvalue weighted by molar-refractivity contribution is 0.108. The Morgan fingerprint density at radius 1 is 1.35 bits per heavy atom. The number of pyridine rings is 1. The zero-order chi connectivity index (χ0) is 14.1. The van der Waals surface area contributed by atoms with Crippen molar-refractivity contribution in [2.24, 2.45) is 0 Å². The van der Waals surface area contributed by atoms with Gasteiger partial charge in [0.05, 0.1) is 6.04 Å². The minimum absolute atomic E-state index is 0.0387. The molecular formula is C13H17N5O2. The zero-order valence-electron chi connectivity index (χ0n) is 11.5. The van der Waals surface area contributed by atoms with Gasteiger partial charge in [-0.05, 0) is 26.2 Å². The van der Waals surface area contributed by atoms with Crippen LogP contribution in [-0.4, -0.2) is 63.8 Å². The second-order valence-corrected chi connectivity index (χ2v) is 5.09. The lowest BCUT2D eigenvalue weighted by Gasteiger charge is -2.35. The summed E-state index contributed by atoms with van der Waals surface area (Å²) in [4.78, 5) is 12.9. The molecule has 1 unspecified atom stereocenters. The van der Waals surface area contributed by atoms with E-state index in [1.165, 1.54) is 0 Å². The number of likely N-dealkylation sites (N-methyl/N-ethyl adjacent to an activating group) is 2. The molecule has 1 fully saturated rings. The Labute approximate surface area is 116 Å². The van der Waals surface area contributed by atoms with Gasteiger partial charge in [0.1, 0.15) is 5.75 Å². The SMILES string of the molecule is CN1CCN(C)C(c2noc(-c3ncccc3O)n2)C1. The van der Waals surface area contributed by atoms with Crippen LogP contribution in [0.25, 0.3) is 11.6 Å². The van der Waals surface area contributed by atoms with Crippen molar-refractivity contribution in [1.82, 2.24) is 24.9 Å². The highest BCUT2D eigenvalue weighted by molar-refractivity contribution is 5.55. The Kier molecular flexibility index (Phi) is 3.37. The maximum atomic E-state index is 9.77. The summed E-state index contributed by atoms with van der Waals surface area (Å²) in [5.41, 5.74) is 0.318. The zero-order valence-corrected chi connectivity index (χ0v) is 11.5. The van der Waals surface area contributed by atoms with Crippen molar-refractivity contribution in [2.45, 2.75) is 6.04 Å². The lowest BCUT2D eigenvalue weighted by atomic mass is 10.2. The van der Waals surface area contributed by atoms with Crippen molar-refractivity contribution in [1.29, 1.82) is 0 Å². The summed E-state index contributed by atoms with van der Waals surface area (Å²) in [5.74, 6) is 0.913. The molecule has 0 aromatic carbocycles. The summed E-state index contributed by atoms with van der Waals surface area (Å²) in [5, 5.41) is 13.8. The van der Waals surface area contributed by atoms with E-state index in [2.05, 4.69) is 32.0 Å². The van der Waals surface area contributed by atoms with E-state index in [0.29, 0.717) is 11.5 Å². The van der Waals surface area contributed by atoms with Crippen molar-refractivity contribution in [3.05, 3.63) is 24.2 Å². The molecule has 3 heterocycles. The Bertz CT molecular complexity index is 600. The van der Waals surface area contributed by atoms with E-state index >= 15 is 0 Å². The average molecular weight is 275 g/mol. The highest BCUT2D eigenvalue weighted by Crippen LogP contribution is 2.27. The second kappa shape index (κ2) is 5.18. The molecule has 0 amide bonds. The van der Waals surface area contributed by atoms with Crippen LogP contribution in [0.1, 0.15) is 11.9 Å². The normalized spacial score (nSPS) is 21.2. The van der Waals surface area contributed by atoms with Crippen LogP contribution in [0.2, 0.25) is 0 Å². The summed E-state index contributed by atoms with van der Waals surface area (Å²) in [6, 6.07) is 3.30. The molecule has 0 saturated carbocycles. The number of piperazine rings is 1. The molecule has 2 aromatic rings. The van der Waals surface area contributed by atoms with Gasteiger partial charge in [0.15, 0.2) is 11.5 Å². The second-order valence-electron chi connectivity index (χ2n) is 5.09. The fourth-order valence-electron chi connectivity index (χ4n) is 2.32. The molecule has 2 aromatic heterocycles. The first-order valence-electron chi connectivity index (χ1n) is 6.52. The highest BCUT2D eigenvalue weighted by Gasteiger charge is 2.28. The minimum atomic E-state index is 0.0387. The summed E-state index contributed by atoms with van der Waals surface area (Å²) in [6.45, 7) is 2.84. The highest BCUT2D eigenvalue weighted by atomic mass is 16.5. The molecule has 7 heteroatoms. The third-order valence-corrected chi connectivity index (χ3v) is 3.58. The summed E-state index contributed by atoms with van der Waals surface area (Å²) in [6.07, 6.45) is 1.58. The van der Waals surface area contributed by atoms with E-state index in [1.54, 1.807) is 18.3 Å². The molecule has 106 valence electrons. The molecule has 1 saturated heterocycles. The number of aromatic hydroxyl groups is 1. The molecule has 1 aliphatic rings. The molecule has 0 bridgehead atoms. The van der Waals surface area contributed by atoms with E-state index < -0.39 is 0 Å². The average Bonchev–Trinajstić information content (AvgIpc) is 2.91. The van der Waals surface area contributed by atoms with Crippen LogP contribution in [0, 0.1) is 0 Å². The Morgan fingerprint density at radius 2 is 2.20 bits per heavy atom. The van der Waals surface area contributed by atoms with Crippen molar-refractivity contribution in [2.75, 3.05) is 33.7 Å². The quantitative estimate of drug-likeness (QED) is 0.866. The maximum absolute atomic E-state index is 9.77. The summed E-state index contributed by atoms with van der Waals surface area (Å²) < 4.78 is 5.24. The standard InChI is InChI=1S/C13H17N5O2/c1-17-6-7-18(2)9(8-17)12-15-13(20-16-12)11-10(19)4-3-5-14-11/h3-5,9,19H,6-8H2,1-2H3. The Balaban J connectivity index is 1.88. The molecule has 0 spiro atoms. The molecule has 0 aliphatic carbocycles. The monoisotopic (exact) mass is 275 g/mol. The first-order valence-corrected chi connectivity index (χ1v) is 6.52. The topological polar surface area (TPSA) is 78.5 Å². The number of nitrogens with zero attached hydrogens (tertiary/aromatic N) is 5. The molecule has 1 atom stereocenters. The number of rotatable bonds is 2. The van der Waals surface area contributed by atoms with Crippen LogP contribution in [0.4, 0.5) is 0 Å². The summed E-state index contributed by atoms with van der Waals surface area (Å²) >= 11 is 0. The third kappa shape index (κ3) is 2.37. The van der Waals surface area contributed by atoms with Gasteiger partial charge >= 0.3 is 0 Å². The molecule has 20 heavy (non-hydrogen) atoms. The van der Waals surface area contributed by atoms with Crippen LogP contribution < -0.4 is 0 Å². The van der Waals surface area contributed by atoms with Crippen molar-refractivity contribution in [3.8, 4) is 17.3 Å². The molecule has 3 rings (SSSR count). The van der Waals surface area contributed by atoms with Crippen molar-refractivity contribution in [3.63, 3.8) is 0 Å². The molecule has 7 nitrogen and oxygen atoms in total. The molecule has 0 radical (unpaired) electrons. The number of hydrogen-bond donors (Lipinski definition) is 1. The number of aromatic nitrogens is 3. The van der Waals surface area contributed by atoms with Crippen LogP contribution in [0.15, 0.2) is 22.9 Å². The third-order valence-electron chi connectivity index (χ3n) is 3.58. The summed E-state index contributed by atoms with van der Waals surface area (Å²) in [7, 11) is 4.12. The van der Waals surface area contributed by atoms with Gasteiger partial charge in [0, 0.05) is 25.8 Å². The first kappa shape index (κ1) is 13.0. The molecular weight excluding hydrogens is 258 g/mol. The van der Waals surface area contributed by atoms with E-state index in [-0.39, 0.29) is 17.7 Å². The van der Waals surface area contributed by atoms with E-state index in [9.17, 15) is 5.11 Å². The van der Waals surface area contributed by atoms with Gasteiger partial charge < -0.3 is 14.5 Å². The van der Waals surface area contributed by atoms with Crippen molar-refractivity contribution >= 4 is 0 Å². The lowest BCUT2D eigenvalue weighted by Crippen LogP contribution is -2.45. The number of hydrogen-bond acceptors (Lipinski definition) is 7. The first-order chi connectivity index (χ1) is 9.65. The van der Waals surface area contributed by atoms with E-state index in [4.69, 9.17) is 4.52 Å². The smallest absolute Gasteiger partial charge is 0.280 e. The predicted octanol–water partition coefficient (Wildman–Crippen LogP) is 0.755. The van der Waals surface area contributed by atoms with Gasteiger partial charge in [-0.15, -0.1) is 0 Å². The largest absolute Gasteiger partial charge is 0.505 e. The van der Waals surface area contributed by atoms with Crippen LogP contribution >= 0.6 is 0 Å². The van der Waals surface area contributed by atoms with Gasteiger partial charge in [-0.1, -0.05) is 5.16 Å². The van der Waals surface area contributed by atoms with Crippen LogP contribution in [-0.2, 0) is 0 Å². The fourth-order valence-corrected chi connectivity index (χ4v) is 2.32. The Morgan fingerprint density at radius 3 is 3.00 bits per heavy atom. The van der Waals surface area contributed by atoms with Gasteiger partial charge in [-0.25, -0.2) is 4.98 Å². The van der Waals surface area contributed by atoms with E-state index in [1.807, 2.05) is 7.05 Å². The minimum Gasteiger partial charge on any atom is -0.505 e. The van der Waals surface area contributed by atoms with E-state index in [0.717, 1.165) is 19.6 Å². The fraction of sp³-hybridized carbons (Fsp3) is 0.462. The van der Waals surface area contributed by atoms with Gasteiger partial charge in [-0.3, -0.25) is 4.90 Å². The van der Waals surface area contributed by atoms with Crippen molar-refractivity contribution < 1.29 is 9.63 Å². The Hall–Kier alpha value is -1.99. The molecule has 1 aliphatic heterocycles. The predicted molar refractivity (Wildman–Crippen MR) is 72.1 cm³/mol. The maximum Gasteiger partial charge on any atom is 0.280 e. The molecule has 1 N–H and O–H groups in total. The van der Waals surface area contributed by atoms with Crippen LogP contribution in [0.5, 0.6) is 5.75 Å².